The third-order valence-electron chi connectivity index (χ3n) is 4.60. The molecule has 6 heteroatoms. The molecule has 3 rings (SSSR count). The Morgan fingerprint density at radius 1 is 0.840 bits per heavy atom. The Balaban J connectivity index is 1.76. The second-order valence-electron chi connectivity index (χ2n) is 6.24. The Kier molecular flexibility index (Phi) is 5.43. The fourth-order valence-electron chi connectivity index (χ4n) is 3.44. The van der Waals surface area contributed by atoms with E-state index in [0.29, 0.717) is 37.2 Å². The van der Waals surface area contributed by atoms with E-state index in [2.05, 4.69) is 4.90 Å². The zero-order valence-electron chi connectivity index (χ0n) is 14.3. The molecule has 0 unspecified atom stereocenters. The number of imide groups is 1. The molecule has 2 aromatic carbocycles. The molecule has 1 heterocycles. The number of rotatable bonds is 8. The predicted molar refractivity (Wildman–Crippen MR) is 98.5 cm³/mol. The first-order chi connectivity index (χ1) is 12.2. The van der Waals surface area contributed by atoms with Crippen molar-refractivity contribution in [3.05, 3.63) is 47.5 Å². The molecule has 0 radical (unpaired) electrons. The summed E-state index contributed by atoms with van der Waals surface area (Å²) in [6, 6.07) is 11.2. The molecule has 132 valence electrons. The molecular weight excluding hydrogens is 316 g/mol. The highest BCUT2D eigenvalue weighted by Gasteiger charge is 2.32. The molecule has 0 spiro atoms. The van der Waals surface area contributed by atoms with E-state index in [1.807, 2.05) is 24.3 Å². The quantitative estimate of drug-likeness (QED) is 0.701. The minimum absolute atomic E-state index is 0.210. The van der Waals surface area contributed by atoms with Gasteiger partial charge in [0.2, 0.25) is 0 Å². The minimum atomic E-state index is -0.210. The van der Waals surface area contributed by atoms with Gasteiger partial charge in [-0.2, -0.15) is 0 Å². The summed E-state index contributed by atoms with van der Waals surface area (Å²) >= 11 is 0. The molecule has 25 heavy (non-hydrogen) atoms. The van der Waals surface area contributed by atoms with Gasteiger partial charge in [-0.3, -0.25) is 14.5 Å². The number of carbonyl (C=O) groups is 2. The summed E-state index contributed by atoms with van der Waals surface area (Å²) in [6.45, 7) is 3.82. The lowest BCUT2D eigenvalue weighted by Gasteiger charge is -2.28. The van der Waals surface area contributed by atoms with Crippen LogP contribution >= 0.6 is 0 Å². The van der Waals surface area contributed by atoms with Crippen LogP contribution < -0.4 is 11.5 Å². The zero-order valence-corrected chi connectivity index (χ0v) is 14.3. The first-order valence-corrected chi connectivity index (χ1v) is 8.67. The van der Waals surface area contributed by atoms with Gasteiger partial charge in [0.05, 0.1) is 0 Å². The molecule has 0 saturated heterocycles. The molecule has 0 saturated carbocycles. The van der Waals surface area contributed by atoms with E-state index >= 15 is 0 Å². The Morgan fingerprint density at radius 2 is 1.40 bits per heavy atom. The minimum Gasteiger partial charge on any atom is -0.329 e. The SMILES string of the molecule is NCCN(CCN)CCCN1C(=O)c2cccc3cccc(c23)C1=O. The summed E-state index contributed by atoms with van der Waals surface area (Å²) in [6.07, 6.45) is 0.704. The van der Waals surface area contributed by atoms with Crippen LogP contribution in [0.4, 0.5) is 0 Å². The summed E-state index contributed by atoms with van der Waals surface area (Å²) in [4.78, 5) is 29.1. The average Bonchev–Trinajstić information content (AvgIpc) is 2.62. The second kappa shape index (κ2) is 7.74. The number of nitrogens with two attached hydrogens (primary N) is 2. The van der Waals surface area contributed by atoms with Gasteiger partial charge in [-0.25, -0.2) is 0 Å². The van der Waals surface area contributed by atoms with Crippen molar-refractivity contribution < 1.29 is 9.59 Å². The van der Waals surface area contributed by atoms with Crippen LogP contribution in [0.25, 0.3) is 10.8 Å². The number of carbonyl (C=O) groups excluding carboxylic acids is 2. The third-order valence-corrected chi connectivity index (χ3v) is 4.60. The van der Waals surface area contributed by atoms with E-state index in [9.17, 15) is 9.59 Å². The Morgan fingerprint density at radius 3 is 1.92 bits per heavy atom. The Labute approximate surface area is 147 Å². The lowest BCUT2D eigenvalue weighted by Crippen LogP contribution is -2.42. The molecule has 1 aliphatic rings. The van der Waals surface area contributed by atoms with Crippen LogP contribution in [-0.2, 0) is 0 Å². The van der Waals surface area contributed by atoms with Crippen LogP contribution in [0.5, 0.6) is 0 Å². The van der Waals surface area contributed by atoms with Crippen LogP contribution in [0, 0.1) is 0 Å². The van der Waals surface area contributed by atoms with Crippen LogP contribution in [0.3, 0.4) is 0 Å². The molecule has 2 amide bonds. The van der Waals surface area contributed by atoms with Gasteiger partial charge in [0.15, 0.2) is 0 Å². The lowest BCUT2D eigenvalue weighted by molar-refractivity contribution is 0.0604. The summed E-state index contributed by atoms with van der Waals surface area (Å²) in [5, 5.41) is 1.69. The maximum absolute atomic E-state index is 12.8. The first kappa shape index (κ1) is 17.5. The smallest absolute Gasteiger partial charge is 0.261 e. The van der Waals surface area contributed by atoms with Crippen molar-refractivity contribution in [2.24, 2.45) is 11.5 Å². The van der Waals surface area contributed by atoms with Crippen molar-refractivity contribution in [1.82, 2.24) is 9.80 Å². The van der Waals surface area contributed by atoms with Gasteiger partial charge in [0.25, 0.3) is 11.8 Å². The van der Waals surface area contributed by atoms with Crippen molar-refractivity contribution in [1.29, 1.82) is 0 Å². The molecule has 0 bridgehead atoms. The van der Waals surface area contributed by atoms with Gasteiger partial charge in [-0.05, 0) is 30.5 Å². The highest BCUT2D eigenvalue weighted by atomic mass is 16.2. The molecule has 0 atom stereocenters. The van der Waals surface area contributed by atoms with E-state index in [0.717, 1.165) is 30.4 Å². The molecular formula is C19H24N4O2. The highest BCUT2D eigenvalue weighted by Crippen LogP contribution is 2.29. The van der Waals surface area contributed by atoms with Crippen molar-refractivity contribution >= 4 is 22.6 Å². The largest absolute Gasteiger partial charge is 0.329 e. The zero-order chi connectivity index (χ0) is 17.8. The van der Waals surface area contributed by atoms with E-state index < -0.39 is 0 Å². The van der Waals surface area contributed by atoms with Gasteiger partial charge < -0.3 is 16.4 Å². The second-order valence-corrected chi connectivity index (χ2v) is 6.24. The van der Waals surface area contributed by atoms with E-state index in [-0.39, 0.29) is 11.8 Å². The molecule has 0 aliphatic carbocycles. The van der Waals surface area contributed by atoms with E-state index in [1.165, 1.54) is 4.90 Å². The number of nitrogens with zero attached hydrogens (tertiary/aromatic N) is 2. The lowest BCUT2D eigenvalue weighted by atomic mass is 9.94. The van der Waals surface area contributed by atoms with Crippen molar-refractivity contribution in [2.45, 2.75) is 6.42 Å². The van der Waals surface area contributed by atoms with Crippen LogP contribution in [-0.4, -0.2) is 60.9 Å². The van der Waals surface area contributed by atoms with Crippen LogP contribution in [0.1, 0.15) is 27.1 Å². The van der Waals surface area contributed by atoms with E-state index in [4.69, 9.17) is 11.5 Å². The predicted octanol–water partition coefficient (Wildman–Crippen LogP) is 1.05. The topological polar surface area (TPSA) is 92.7 Å². The van der Waals surface area contributed by atoms with Gasteiger partial charge >= 0.3 is 0 Å². The van der Waals surface area contributed by atoms with Crippen molar-refractivity contribution in [2.75, 3.05) is 39.3 Å². The number of benzene rings is 2. The van der Waals surface area contributed by atoms with E-state index in [1.54, 1.807) is 12.1 Å². The summed E-state index contributed by atoms with van der Waals surface area (Å²) in [5.41, 5.74) is 12.4. The van der Waals surface area contributed by atoms with Crippen LogP contribution in [0.15, 0.2) is 36.4 Å². The van der Waals surface area contributed by atoms with Gasteiger partial charge in [0.1, 0.15) is 0 Å². The fourth-order valence-corrected chi connectivity index (χ4v) is 3.44. The Bertz CT molecular complexity index is 733. The Hall–Kier alpha value is -2.28. The third kappa shape index (κ3) is 3.42. The van der Waals surface area contributed by atoms with Gasteiger partial charge in [-0.1, -0.05) is 24.3 Å². The molecule has 0 fully saturated rings. The van der Waals surface area contributed by atoms with Crippen molar-refractivity contribution in [3.63, 3.8) is 0 Å². The van der Waals surface area contributed by atoms with Gasteiger partial charge in [-0.15, -0.1) is 0 Å². The summed E-state index contributed by atoms with van der Waals surface area (Å²) < 4.78 is 0. The number of hydrogen-bond donors (Lipinski definition) is 2. The summed E-state index contributed by atoms with van der Waals surface area (Å²) in [7, 11) is 0. The molecule has 2 aromatic rings. The van der Waals surface area contributed by atoms with Gasteiger partial charge in [0, 0.05) is 49.2 Å². The standard InChI is InChI=1S/C19H24N4O2/c20-8-12-22(13-9-21)10-3-11-23-18(24)15-6-1-4-14-5-2-7-16(17(14)15)19(23)25/h1-2,4-7H,3,8-13,20-21H2. The fraction of sp³-hybridized carbons (Fsp3) is 0.368. The summed E-state index contributed by atoms with van der Waals surface area (Å²) in [5.74, 6) is -0.419. The molecule has 0 aromatic heterocycles. The first-order valence-electron chi connectivity index (χ1n) is 8.67. The molecule has 4 N–H and O–H groups in total. The average molecular weight is 340 g/mol. The van der Waals surface area contributed by atoms with Crippen molar-refractivity contribution in [3.8, 4) is 0 Å². The maximum atomic E-state index is 12.8. The number of hydrogen-bond acceptors (Lipinski definition) is 5. The molecule has 6 nitrogen and oxygen atoms in total. The molecule has 1 aliphatic heterocycles. The monoisotopic (exact) mass is 340 g/mol. The normalized spacial score (nSPS) is 14.0. The number of amides is 2. The van der Waals surface area contributed by atoms with Crippen LogP contribution in [0.2, 0.25) is 0 Å². The highest BCUT2D eigenvalue weighted by molar-refractivity contribution is 6.25. The maximum Gasteiger partial charge on any atom is 0.261 e.